The van der Waals surface area contributed by atoms with E-state index >= 15 is 0 Å². The number of hydrogen-bond donors (Lipinski definition) is 1. The third-order valence-electron chi connectivity index (χ3n) is 15.2. The molecule has 0 aromatic heterocycles. The number of ether oxygens (including phenoxy) is 2. The van der Waals surface area contributed by atoms with Crippen molar-refractivity contribution in [2.75, 3.05) is 47.5 Å². The Hall–Kier alpha value is -1.51. The van der Waals surface area contributed by atoms with Gasteiger partial charge >= 0.3 is 19.8 Å². The Balaban J connectivity index is 4.02. The lowest BCUT2D eigenvalue weighted by atomic mass is 10.0. The van der Waals surface area contributed by atoms with E-state index in [1.165, 1.54) is 270 Å². The lowest BCUT2D eigenvalue weighted by Gasteiger charge is -2.24. The molecule has 0 bridgehead atoms. The zero-order valence-electron chi connectivity index (χ0n) is 52.0. The maximum atomic E-state index is 12.9. The summed E-state index contributed by atoms with van der Waals surface area (Å²) in [7, 11) is 1.50. The van der Waals surface area contributed by atoms with E-state index in [2.05, 4.69) is 38.2 Å². The highest BCUT2D eigenvalue weighted by atomic mass is 31.2. The monoisotopic (exact) mass is 1110 g/mol. The van der Waals surface area contributed by atoms with Crippen LogP contribution in [0.1, 0.15) is 341 Å². The Labute approximate surface area is 479 Å². The molecule has 1 N–H and O–H groups in total. The molecule has 456 valence electrons. The minimum Gasteiger partial charge on any atom is -0.462 e. The fourth-order valence-electron chi connectivity index (χ4n) is 10.1. The van der Waals surface area contributed by atoms with Crippen LogP contribution in [0.3, 0.4) is 0 Å². The third kappa shape index (κ3) is 63.5. The molecular formula is C67H131NO8P+. The van der Waals surface area contributed by atoms with Crippen molar-refractivity contribution in [1.82, 2.24) is 0 Å². The molecule has 10 heteroatoms. The molecule has 0 aliphatic rings. The van der Waals surface area contributed by atoms with Crippen LogP contribution in [-0.4, -0.2) is 74.9 Å². The van der Waals surface area contributed by atoms with Gasteiger partial charge < -0.3 is 18.9 Å². The third-order valence-corrected chi connectivity index (χ3v) is 16.2. The van der Waals surface area contributed by atoms with Crippen molar-refractivity contribution in [1.29, 1.82) is 0 Å². The molecule has 0 aliphatic carbocycles. The summed E-state index contributed by atoms with van der Waals surface area (Å²) in [5, 5.41) is 0. The van der Waals surface area contributed by atoms with E-state index in [0.717, 1.165) is 38.5 Å². The second-order valence-electron chi connectivity index (χ2n) is 24.2. The average molecular weight is 1110 g/mol. The molecular weight excluding hydrogens is 978 g/mol. The zero-order valence-corrected chi connectivity index (χ0v) is 52.9. The minimum atomic E-state index is -4.39. The van der Waals surface area contributed by atoms with Crippen LogP contribution >= 0.6 is 7.82 Å². The Kier molecular flexibility index (Phi) is 58.0. The quantitative estimate of drug-likeness (QED) is 0.0211. The summed E-state index contributed by atoms with van der Waals surface area (Å²) in [4.78, 5) is 35.8. The maximum Gasteiger partial charge on any atom is 0.472 e. The smallest absolute Gasteiger partial charge is 0.462 e. The van der Waals surface area contributed by atoms with Gasteiger partial charge in [-0.15, -0.1) is 0 Å². The Bertz CT molecular complexity index is 1350. The van der Waals surface area contributed by atoms with E-state index in [1.54, 1.807) is 0 Å². The number of esters is 2. The summed E-state index contributed by atoms with van der Waals surface area (Å²) >= 11 is 0. The Morgan fingerprint density at radius 3 is 1.03 bits per heavy atom. The number of phosphoric acid groups is 1. The number of carbonyl (C=O) groups excluding carboxylic acids is 2. The van der Waals surface area contributed by atoms with Crippen LogP contribution in [0.25, 0.3) is 0 Å². The topological polar surface area (TPSA) is 108 Å². The number of hydrogen-bond acceptors (Lipinski definition) is 7. The number of quaternary nitrogens is 1. The first kappa shape index (κ1) is 75.5. The molecule has 9 nitrogen and oxygen atoms in total. The van der Waals surface area contributed by atoms with Gasteiger partial charge in [0.25, 0.3) is 0 Å². The van der Waals surface area contributed by atoms with Gasteiger partial charge in [0.05, 0.1) is 27.7 Å². The molecule has 2 atom stereocenters. The molecule has 2 unspecified atom stereocenters. The van der Waals surface area contributed by atoms with E-state index < -0.39 is 26.5 Å². The molecule has 0 fully saturated rings. The van der Waals surface area contributed by atoms with Crippen LogP contribution in [0.5, 0.6) is 0 Å². The molecule has 0 spiro atoms. The van der Waals surface area contributed by atoms with E-state index in [1.807, 2.05) is 21.1 Å². The van der Waals surface area contributed by atoms with Crippen molar-refractivity contribution in [2.45, 2.75) is 347 Å². The number of unbranched alkanes of at least 4 members (excludes halogenated alkanes) is 45. The van der Waals surface area contributed by atoms with Crippen molar-refractivity contribution in [3.8, 4) is 0 Å². The highest BCUT2D eigenvalue weighted by Gasteiger charge is 2.27. The molecule has 0 saturated carbocycles. The number of phosphoric ester groups is 1. The van der Waals surface area contributed by atoms with Crippen LogP contribution in [0.15, 0.2) is 24.3 Å². The summed E-state index contributed by atoms with van der Waals surface area (Å²) in [5.74, 6) is -0.777. The molecule has 0 aliphatic heterocycles. The average Bonchev–Trinajstić information content (AvgIpc) is 3.39. The van der Waals surface area contributed by atoms with Gasteiger partial charge in [0.2, 0.25) is 0 Å². The van der Waals surface area contributed by atoms with Crippen LogP contribution in [-0.2, 0) is 32.7 Å². The molecule has 0 aromatic rings. The second kappa shape index (κ2) is 59.1. The van der Waals surface area contributed by atoms with Gasteiger partial charge in [0.15, 0.2) is 6.10 Å². The number of rotatable bonds is 63. The summed E-state index contributed by atoms with van der Waals surface area (Å²) in [6.45, 7) is 4.49. The number of allylic oxidation sites excluding steroid dienone is 4. The van der Waals surface area contributed by atoms with E-state index in [0.29, 0.717) is 23.9 Å². The molecule has 0 radical (unpaired) electrons. The lowest BCUT2D eigenvalue weighted by molar-refractivity contribution is -0.870. The van der Waals surface area contributed by atoms with Gasteiger partial charge in [-0.25, -0.2) is 4.57 Å². The lowest BCUT2D eigenvalue weighted by Crippen LogP contribution is -2.37. The Morgan fingerprint density at radius 2 is 0.701 bits per heavy atom. The largest absolute Gasteiger partial charge is 0.472 e. The summed E-state index contributed by atoms with van der Waals surface area (Å²) in [6.07, 6.45) is 72.7. The van der Waals surface area contributed by atoms with Crippen molar-refractivity contribution in [3.63, 3.8) is 0 Å². The fraction of sp³-hybridized carbons (Fsp3) is 0.910. The van der Waals surface area contributed by atoms with Crippen LogP contribution in [0.2, 0.25) is 0 Å². The van der Waals surface area contributed by atoms with Crippen molar-refractivity contribution in [2.24, 2.45) is 0 Å². The predicted molar refractivity (Wildman–Crippen MR) is 331 cm³/mol. The van der Waals surface area contributed by atoms with Crippen molar-refractivity contribution >= 4 is 19.8 Å². The predicted octanol–water partition coefficient (Wildman–Crippen LogP) is 21.3. The normalized spacial score (nSPS) is 13.3. The highest BCUT2D eigenvalue weighted by molar-refractivity contribution is 7.47. The van der Waals surface area contributed by atoms with Gasteiger partial charge in [0.1, 0.15) is 19.8 Å². The first-order valence-electron chi connectivity index (χ1n) is 33.6. The number of nitrogens with zero attached hydrogens (tertiary/aromatic N) is 1. The van der Waals surface area contributed by atoms with E-state index in [4.69, 9.17) is 18.5 Å². The SMILES string of the molecule is CCCCCCC/C=C\C/C=C\CCCCCCCCCCCCCCCC(=O)OC(COC(=O)CCCCCCCCCCCCCCCCCCCCCCCCCCCCCC)COP(=O)(O)OCC[N+](C)(C)C. The number of likely N-dealkylation sites (N-methyl/N-ethyl adjacent to an activating group) is 1. The van der Waals surface area contributed by atoms with Crippen LogP contribution in [0.4, 0.5) is 0 Å². The number of carbonyl (C=O) groups is 2. The van der Waals surface area contributed by atoms with Crippen molar-refractivity contribution in [3.05, 3.63) is 24.3 Å². The molecule has 0 amide bonds. The van der Waals surface area contributed by atoms with Crippen LogP contribution < -0.4 is 0 Å². The fourth-order valence-corrected chi connectivity index (χ4v) is 10.8. The standard InChI is InChI=1S/C67H130NO8P/c1-6-8-10-12-14-16-18-20-22-24-26-28-30-32-33-34-36-37-39-41-43-45-47-49-51-53-55-57-59-66(69)73-63-65(64-75-77(71,72)74-62-61-68(3,4)5)76-67(70)60-58-56-54-52-50-48-46-44-42-40-38-35-31-29-27-25-23-21-19-17-15-13-11-9-7-2/h19,21,25,27,65H,6-18,20,22-24,26,28-64H2,1-5H3/p+1/b21-19-,27-25-. The molecule has 0 aromatic carbocycles. The molecule has 0 rings (SSSR count). The van der Waals surface area contributed by atoms with Crippen molar-refractivity contribution < 1.29 is 42.1 Å². The summed E-state index contributed by atoms with van der Waals surface area (Å²) < 4.78 is 34.7. The highest BCUT2D eigenvalue weighted by Crippen LogP contribution is 2.43. The molecule has 77 heavy (non-hydrogen) atoms. The first-order chi connectivity index (χ1) is 37.5. The molecule has 0 saturated heterocycles. The van der Waals surface area contributed by atoms with Gasteiger partial charge in [-0.2, -0.15) is 0 Å². The van der Waals surface area contributed by atoms with Gasteiger partial charge in [-0.1, -0.05) is 308 Å². The second-order valence-corrected chi connectivity index (χ2v) is 25.7. The first-order valence-corrected chi connectivity index (χ1v) is 35.1. The summed E-state index contributed by atoms with van der Waals surface area (Å²) in [5.41, 5.74) is 0. The minimum absolute atomic E-state index is 0.0347. The Morgan fingerprint density at radius 1 is 0.403 bits per heavy atom. The van der Waals surface area contributed by atoms with Gasteiger partial charge in [-0.05, 0) is 44.9 Å². The van der Waals surface area contributed by atoms with Gasteiger partial charge in [-0.3, -0.25) is 18.6 Å². The van der Waals surface area contributed by atoms with Crippen LogP contribution in [0, 0.1) is 0 Å². The van der Waals surface area contributed by atoms with Gasteiger partial charge in [0, 0.05) is 12.8 Å². The molecule has 0 heterocycles. The maximum absolute atomic E-state index is 12.9. The van der Waals surface area contributed by atoms with E-state index in [9.17, 15) is 19.0 Å². The summed E-state index contributed by atoms with van der Waals surface area (Å²) in [6, 6.07) is 0. The van der Waals surface area contributed by atoms with E-state index in [-0.39, 0.29) is 25.6 Å². The zero-order chi connectivity index (χ0) is 56.3.